The van der Waals surface area contributed by atoms with Crippen molar-refractivity contribution in [1.82, 2.24) is 14.4 Å². The lowest BCUT2D eigenvalue weighted by atomic mass is 10.3. The van der Waals surface area contributed by atoms with Gasteiger partial charge in [0.1, 0.15) is 12.3 Å². The minimum absolute atomic E-state index is 0.147. The summed E-state index contributed by atoms with van der Waals surface area (Å²) in [5.74, 6) is 0.416. The van der Waals surface area contributed by atoms with Crippen LogP contribution >= 0.6 is 23.2 Å². The maximum absolute atomic E-state index is 13.3. The molecule has 3 amide bonds. The maximum Gasteiger partial charge on any atom is 0.322 e. The molecule has 0 fully saturated rings. The van der Waals surface area contributed by atoms with Crippen LogP contribution in [0.4, 0.5) is 10.5 Å². The zero-order chi connectivity index (χ0) is 23.8. The van der Waals surface area contributed by atoms with E-state index >= 15 is 0 Å². The highest BCUT2D eigenvalue weighted by Gasteiger charge is 2.23. The Morgan fingerprint density at radius 3 is 2.58 bits per heavy atom. The molecular formula is C23H26Cl2N4O4. The third-order valence-electron chi connectivity index (χ3n) is 5.04. The van der Waals surface area contributed by atoms with Crippen LogP contribution in [0.2, 0.25) is 10.0 Å². The summed E-state index contributed by atoms with van der Waals surface area (Å²) in [7, 11) is 3.45. The highest BCUT2D eigenvalue weighted by molar-refractivity contribution is 6.36. The summed E-state index contributed by atoms with van der Waals surface area (Å²) in [5, 5.41) is 3.50. The van der Waals surface area contributed by atoms with Gasteiger partial charge in [-0.3, -0.25) is 4.79 Å². The molecule has 2 aromatic heterocycles. The van der Waals surface area contributed by atoms with E-state index in [-0.39, 0.29) is 32.1 Å². The molecule has 0 aliphatic heterocycles. The van der Waals surface area contributed by atoms with E-state index < -0.39 is 6.03 Å². The number of amides is 3. The van der Waals surface area contributed by atoms with Crippen molar-refractivity contribution in [3.05, 3.63) is 76.4 Å². The van der Waals surface area contributed by atoms with Crippen molar-refractivity contribution < 1.29 is 18.7 Å². The van der Waals surface area contributed by atoms with Crippen LogP contribution in [0.1, 0.15) is 11.5 Å². The van der Waals surface area contributed by atoms with E-state index in [4.69, 9.17) is 32.4 Å². The second-order valence-electron chi connectivity index (χ2n) is 7.41. The van der Waals surface area contributed by atoms with Crippen molar-refractivity contribution >= 4 is 40.8 Å². The average Bonchev–Trinajstić information content (AvgIpc) is 3.44. The Bertz CT molecular complexity index is 1070. The number of anilines is 1. The van der Waals surface area contributed by atoms with Crippen molar-refractivity contribution in [2.45, 2.75) is 13.1 Å². The van der Waals surface area contributed by atoms with Crippen molar-refractivity contribution in [2.75, 3.05) is 32.1 Å². The number of ether oxygens (including phenoxy) is 1. The highest BCUT2D eigenvalue weighted by Crippen LogP contribution is 2.25. The van der Waals surface area contributed by atoms with Crippen LogP contribution in [0.3, 0.4) is 0 Å². The molecule has 3 rings (SSSR count). The van der Waals surface area contributed by atoms with Gasteiger partial charge in [0.2, 0.25) is 5.91 Å². The Morgan fingerprint density at radius 2 is 1.94 bits per heavy atom. The molecule has 10 heteroatoms. The van der Waals surface area contributed by atoms with Crippen LogP contribution in [0.25, 0.3) is 0 Å². The van der Waals surface area contributed by atoms with Crippen LogP contribution in [-0.2, 0) is 29.7 Å². The van der Waals surface area contributed by atoms with E-state index in [9.17, 15) is 9.59 Å². The lowest BCUT2D eigenvalue weighted by Gasteiger charge is -2.27. The summed E-state index contributed by atoms with van der Waals surface area (Å²) in [5.41, 5.74) is 1.35. The number of hydrogen-bond acceptors (Lipinski definition) is 4. The summed E-state index contributed by atoms with van der Waals surface area (Å²) < 4.78 is 12.5. The Balaban J connectivity index is 1.75. The van der Waals surface area contributed by atoms with E-state index in [2.05, 4.69) is 5.32 Å². The van der Waals surface area contributed by atoms with Gasteiger partial charge in [-0.15, -0.1) is 0 Å². The van der Waals surface area contributed by atoms with Gasteiger partial charge in [-0.2, -0.15) is 0 Å². The second-order valence-corrected chi connectivity index (χ2v) is 8.25. The van der Waals surface area contributed by atoms with Gasteiger partial charge in [0.15, 0.2) is 0 Å². The molecule has 0 aliphatic carbocycles. The first-order valence-corrected chi connectivity index (χ1v) is 11.0. The first-order chi connectivity index (χ1) is 15.9. The normalized spacial score (nSPS) is 10.8. The van der Waals surface area contributed by atoms with Gasteiger partial charge in [0, 0.05) is 37.6 Å². The van der Waals surface area contributed by atoms with E-state index in [0.717, 1.165) is 5.69 Å². The molecule has 8 nitrogen and oxygen atoms in total. The molecule has 0 unspecified atom stereocenters. The Labute approximate surface area is 202 Å². The minimum Gasteiger partial charge on any atom is -0.467 e. The highest BCUT2D eigenvalue weighted by atomic mass is 35.5. The smallest absolute Gasteiger partial charge is 0.322 e. The molecule has 176 valence electrons. The summed E-state index contributed by atoms with van der Waals surface area (Å²) in [4.78, 5) is 29.3. The first-order valence-electron chi connectivity index (χ1n) is 10.3. The topological polar surface area (TPSA) is 80.0 Å². The molecule has 0 bridgehead atoms. The SMILES string of the molecule is COCCN(CC(=O)N(Cc1ccco1)Cc1cccn1C)C(=O)Nc1ccc(Cl)cc1Cl. The van der Waals surface area contributed by atoms with Crippen LogP contribution < -0.4 is 5.32 Å². The maximum atomic E-state index is 13.3. The summed E-state index contributed by atoms with van der Waals surface area (Å²) in [6.45, 7) is 0.986. The molecule has 1 aromatic carbocycles. The first kappa shape index (κ1) is 24.7. The fourth-order valence-corrected chi connectivity index (χ4v) is 3.64. The minimum atomic E-state index is -0.471. The quantitative estimate of drug-likeness (QED) is 0.447. The second kappa shape index (κ2) is 11.8. The fraction of sp³-hybridized carbons (Fsp3) is 0.304. The summed E-state index contributed by atoms with van der Waals surface area (Å²) in [6, 6.07) is 11.7. The van der Waals surface area contributed by atoms with Crippen LogP contribution in [0.15, 0.2) is 59.3 Å². The number of benzene rings is 1. The number of carbonyl (C=O) groups is 2. The predicted octanol–water partition coefficient (Wildman–Crippen LogP) is 4.63. The molecule has 0 aliphatic rings. The number of halogens is 2. The van der Waals surface area contributed by atoms with Gasteiger partial charge >= 0.3 is 6.03 Å². The Kier molecular flexibility index (Phi) is 8.82. The lowest BCUT2D eigenvalue weighted by molar-refractivity contribution is -0.133. The molecule has 1 N–H and O–H groups in total. The van der Waals surface area contributed by atoms with Gasteiger partial charge in [0.05, 0.1) is 36.7 Å². The number of hydrogen-bond donors (Lipinski definition) is 1. The number of urea groups is 1. The average molecular weight is 493 g/mol. The van der Waals surface area contributed by atoms with Crippen molar-refractivity contribution in [1.29, 1.82) is 0 Å². The molecule has 0 atom stereocenters. The third-order valence-corrected chi connectivity index (χ3v) is 5.58. The van der Waals surface area contributed by atoms with Gasteiger partial charge in [-0.1, -0.05) is 23.2 Å². The number of aromatic nitrogens is 1. The summed E-state index contributed by atoms with van der Waals surface area (Å²) >= 11 is 12.1. The number of nitrogens with one attached hydrogen (secondary N) is 1. The molecule has 33 heavy (non-hydrogen) atoms. The number of rotatable bonds is 10. The van der Waals surface area contributed by atoms with Crippen molar-refractivity contribution in [2.24, 2.45) is 7.05 Å². The number of nitrogens with zero attached hydrogens (tertiary/aromatic N) is 3. The van der Waals surface area contributed by atoms with Crippen LogP contribution in [0, 0.1) is 0 Å². The number of methoxy groups -OCH3 is 1. The Morgan fingerprint density at radius 1 is 1.12 bits per heavy atom. The molecule has 0 saturated carbocycles. The van der Waals surface area contributed by atoms with Gasteiger partial charge in [-0.05, 0) is 42.5 Å². The summed E-state index contributed by atoms with van der Waals surface area (Å²) in [6.07, 6.45) is 3.48. The molecule has 0 saturated heterocycles. The van der Waals surface area contributed by atoms with Gasteiger partial charge in [0.25, 0.3) is 0 Å². The van der Waals surface area contributed by atoms with E-state index in [1.165, 1.54) is 18.1 Å². The molecule has 0 radical (unpaired) electrons. The van der Waals surface area contributed by atoms with E-state index in [1.54, 1.807) is 29.4 Å². The predicted molar refractivity (Wildman–Crippen MR) is 127 cm³/mol. The van der Waals surface area contributed by atoms with Gasteiger partial charge < -0.3 is 28.8 Å². The third kappa shape index (κ3) is 7.02. The van der Waals surface area contributed by atoms with E-state index in [0.29, 0.717) is 28.0 Å². The number of carbonyl (C=O) groups excluding carboxylic acids is 2. The zero-order valence-corrected chi connectivity index (χ0v) is 20.0. The number of aryl methyl sites for hydroxylation is 1. The Hall–Kier alpha value is -2.94. The standard InChI is InChI=1S/C23H26Cl2N4O4/c1-27-9-3-5-18(27)14-29(15-19-6-4-11-33-19)22(30)16-28(10-12-32-2)23(31)26-21-8-7-17(24)13-20(21)25/h3-9,11,13H,10,12,14-16H2,1-2H3,(H,26,31). The van der Waals surface area contributed by atoms with Crippen molar-refractivity contribution in [3.8, 4) is 0 Å². The van der Waals surface area contributed by atoms with Crippen LogP contribution in [-0.4, -0.2) is 53.1 Å². The molecule has 2 heterocycles. The van der Waals surface area contributed by atoms with Crippen LogP contribution in [0.5, 0.6) is 0 Å². The fourth-order valence-electron chi connectivity index (χ4n) is 3.18. The molecular weight excluding hydrogens is 467 g/mol. The van der Waals surface area contributed by atoms with E-state index in [1.807, 2.05) is 36.0 Å². The molecule has 3 aromatic rings. The van der Waals surface area contributed by atoms with Crippen molar-refractivity contribution in [3.63, 3.8) is 0 Å². The van der Waals surface area contributed by atoms with Gasteiger partial charge in [-0.25, -0.2) is 4.79 Å². The zero-order valence-electron chi connectivity index (χ0n) is 18.5. The number of furan rings is 1. The lowest BCUT2D eigenvalue weighted by Crippen LogP contribution is -2.45. The molecule has 0 spiro atoms. The largest absolute Gasteiger partial charge is 0.467 e. The monoisotopic (exact) mass is 492 g/mol.